The molecule has 8 heteroatoms. The second kappa shape index (κ2) is 8.33. The summed E-state index contributed by atoms with van der Waals surface area (Å²) in [6.07, 6.45) is 4.89. The number of rotatable bonds is 4. The summed E-state index contributed by atoms with van der Waals surface area (Å²) in [5.41, 5.74) is 0. The predicted molar refractivity (Wildman–Crippen MR) is 105 cm³/mol. The van der Waals surface area contributed by atoms with Crippen LogP contribution >= 0.6 is 0 Å². The van der Waals surface area contributed by atoms with Crippen LogP contribution in [0.1, 0.15) is 19.8 Å². The third-order valence-corrected chi connectivity index (χ3v) is 6.94. The van der Waals surface area contributed by atoms with Crippen LogP contribution in [0.3, 0.4) is 0 Å². The standard InChI is InChI=1S/C19H26N4O3S/c1-15-14-22(19(24)13-20-2)9-3-4-10-23(15)27(25,26)18-6-5-17-12-21-8-7-16(17)11-18/h5-8,11-12,15,20H,3-4,9-10,13-14H2,1-2H3/t15-/m1/s1. The number of nitrogens with one attached hydrogen (secondary N) is 1. The molecule has 0 saturated carbocycles. The highest BCUT2D eigenvalue weighted by molar-refractivity contribution is 7.89. The number of aromatic nitrogens is 1. The molecule has 0 bridgehead atoms. The number of hydrogen-bond donors (Lipinski definition) is 1. The van der Waals surface area contributed by atoms with Crippen molar-refractivity contribution >= 4 is 26.7 Å². The van der Waals surface area contributed by atoms with Crippen LogP contribution in [0.2, 0.25) is 0 Å². The van der Waals surface area contributed by atoms with Crippen molar-refractivity contribution in [3.05, 3.63) is 36.7 Å². The molecule has 3 rings (SSSR count). The zero-order valence-electron chi connectivity index (χ0n) is 15.8. The molecule has 1 amide bonds. The predicted octanol–water partition coefficient (Wildman–Crippen LogP) is 1.46. The lowest BCUT2D eigenvalue weighted by Gasteiger charge is -2.35. The van der Waals surface area contributed by atoms with E-state index < -0.39 is 10.0 Å². The van der Waals surface area contributed by atoms with Gasteiger partial charge in [0.05, 0.1) is 11.4 Å². The van der Waals surface area contributed by atoms with Gasteiger partial charge in [0, 0.05) is 43.5 Å². The van der Waals surface area contributed by atoms with Gasteiger partial charge in [-0.15, -0.1) is 0 Å². The molecule has 0 spiro atoms. The van der Waals surface area contributed by atoms with Gasteiger partial charge in [-0.1, -0.05) is 6.07 Å². The lowest BCUT2D eigenvalue weighted by atomic mass is 10.2. The molecule has 2 aromatic rings. The largest absolute Gasteiger partial charge is 0.340 e. The number of hydrogen-bond acceptors (Lipinski definition) is 5. The molecule has 1 aliphatic rings. The van der Waals surface area contributed by atoms with Crippen molar-refractivity contribution in [1.82, 2.24) is 19.5 Å². The van der Waals surface area contributed by atoms with Crippen LogP contribution in [0.5, 0.6) is 0 Å². The number of nitrogens with zero attached hydrogens (tertiary/aromatic N) is 3. The highest BCUT2D eigenvalue weighted by atomic mass is 32.2. The average molecular weight is 391 g/mol. The summed E-state index contributed by atoms with van der Waals surface area (Å²) < 4.78 is 28.1. The summed E-state index contributed by atoms with van der Waals surface area (Å²) in [6.45, 7) is 3.66. The Morgan fingerprint density at radius 1 is 1.22 bits per heavy atom. The Morgan fingerprint density at radius 2 is 2.00 bits per heavy atom. The number of carbonyl (C=O) groups is 1. The van der Waals surface area contributed by atoms with Gasteiger partial charge in [0.2, 0.25) is 15.9 Å². The first-order valence-corrected chi connectivity index (χ1v) is 10.7. The van der Waals surface area contributed by atoms with Crippen LogP contribution in [0.15, 0.2) is 41.6 Å². The van der Waals surface area contributed by atoms with Crippen molar-refractivity contribution in [2.24, 2.45) is 0 Å². The van der Waals surface area contributed by atoms with Crippen LogP contribution in [-0.2, 0) is 14.8 Å². The molecule has 1 atom stereocenters. The van der Waals surface area contributed by atoms with Gasteiger partial charge < -0.3 is 10.2 Å². The van der Waals surface area contributed by atoms with Crippen molar-refractivity contribution in [1.29, 1.82) is 0 Å². The van der Waals surface area contributed by atoms with Crippen LogP contribution in [0, 0.1) is 0 Å². The van der Waals surface area contributed by atoms with Crippen molar-refractivity contribution in [2.45, 2.75) is 30.7 Å². The number of sulfonamides is 1. The van der Waals surface area contributed by atoms with E-state index in [4.69, 9.17) is 0 Å². The van der Waals surface area contributed by atoms with E-state index in [1.54, 1.807) is 42.5 Å². The van der Waals surface area contributed by atoms with Crippen molar-refractivity contribution < 1.29 is 13.2 Å². The smallest absolute Gasteiger partial charge is 0.243 e. The zero-order chi connectivity index (χ0) is 19.4. The molecule has 7 nitrogen and oxygen atoms in total. The van der Waals surface area contributed by atoms with Crippen molar-refractivity contribution in [2.75, 3.05) is 33.2 Å². The van der Waals surface area contributed by atoms with E-state index in [1.807, 2.05) is 13.0 Å². The third-order valence-electron chi connectivity index (χ3n) is 4.93. The minimum absolute atomic E-state index is 0.00167. The molecule has 1 aliphatic heterocycles. The number of pyridine rings is 1. The van der Waals surface area contributed by atoms with Crippen LogP contribution in [0.25, 0.3) is 10.8 Å². The van der Waals surface area contributed by atoms with Gasteiger partial charge in [-0.25, -0.2) is 8.42 Å². The fourth-order valence-corrected chi connectivity index (χ4v) is 5.19. The highest BCUT2D eigenvalue weighted by Gasteiger charge is 2.32. The lowest BCUT2D eigenvalue weighted by molar-refractivity contribution is -0.131. The fraction of sp³-hybridized carbons (Fsp3) is 0.474. The first kappa shape index (κ1) is 19.7. The molecule has 1 fully saturated rings. The maximum atomic E-state index is 13.3. The Hall–Kier alpha value is -2.03. The van der Waals surface area contributed by atoms with E-state index in [0.717, 1.165) is 23.6 Å². The van der Waals surface area contributed by atoms with E-state index in [1.165, 1.54) is 4.31 Å². The first-order chi connectivity index (χ1) is 12.9. The molecule has 1 aromatic heterocycles. The monoisotopic (exact) mass is 390 g/mol. The molecule has 0 aliphatic carbocycles. The SMILES string of the molecule is CNCC(=O)N1CCCCN(S(=O)(=O)c2ccc3cnccc3c2)[C@H](C)C1. The van der Waals surface area contributed by atoms with Crippen molar-refractivity contribution in [3.8, 4) is 0 Å². The quantitative estimate of drug-likeness (QED) is 0.855. The molecule has 27 heavy (non-hydrogen) atoms. The summed E-state index contributed by atoms with van der Waals surface area (Å²) in [4.78, 5) is 18.4. The van der Waals surface area contributed by atoms with Gasteiger partial charge in [-0.05, 0) is 50.4 Å². The Morgan fingerprint density at radius 3 is 2.78 bits per heavy atom. The van der Waals surface area contributed by atoms with Crippen LogP contribution in [0.4, 0.5) is 0 Å². The molecular weight excluding hydrogens is 364 g/mol. The van der Waals surface area contributed by atoms with Crippen LogP contribution in [-0.4, -0.2) is 67.8 Å². The Balaban J connectivity index is 1.88. The topological polar surface area (TPSA) is 82.6 Å². The molecule has 1 saturated heterocycles. The molecule has 1 N–H and O–H groups in total. The van der Waals surface area contributed by atoms with E-state index in [0.29, 0.717) is 19.6 Å². The average Bonchev–Trinajstić information content (AvgIpc) is 2.64. The van der Waals surface area contributed by atoms with Gasteiger partial charge in [-0.3, -0.25) is 9.78 Å². The molecule has 146 valence electrons. The second-order valence-electron chi connectivity index (χ2n) is 6.93. The van der Waals surface area contributed by atoms with Crippen LogP contribution < -0.4 is 5.32 Å². The Kier molecular flexibility index (Phi) is 6.08. The number of fused-ring (bicyclic) bond motifs is 1. The van der Waals surface area contributed by atoms with Gasteiger partial charge in [-0.2, -0.15) is 4.31 Å². The first-order valence-electron chi connectivity index (χ1n) is 9.21. The molecule has 2 heterocycles. The van der Waals surface area contributed by atoms with Gasteiger partial charge in [0.1, 0.15) is 0 Å². The molecule has 1 aromatic carbocycles. The Bertz CT molecular complexity index is 916. The number of benzene rings is 1. The maximum absolute atomic E-state index is 13.3. The summed E-state index contributed by atoms with van der Waals surface area (Å²) >= 11 is 0. The highest BCUT2D eigenvalue weighted by Crippen LogP contribution is 2.24. The summed E-state index contributed by atoms with van der Waals surface area (Å²) in [6, 6.07) is 6.64. The van der Waals surface area contributed by atoms with E-state index in [2.05, 4.69) is 10.3 Å². The Labute approximate surface area is 160 Å². The maximum Gasteiger partial charge on any atom is 0.243 e. The minimum Gasteiger partial charge on any atom is -0.340 e. The fourth-order valence-electron chi connectivity index (χ4n) is 3.50. The molecule has 0 unspecified atom stereocenters. The van der Waals surface area contributed by atoms with E-state index in [9.17, 15) is 13.2 Å². The van der Waals surface area contributed by atoms with Gasteiger partial charge in [0.25, 0.3) is 0 Å². The summed E-state index contributed by atoms with van der Waals surface area (Å²) in [7, 11) is -1.91. The zero-order valence-corrected chi connectivity index (χ0v) is 16.6. The number of amides is 1. The van der Waals surface area contributed by atoms with Gasteiger partial charge in [0.15, 0.2) is 0 Å². The third kappa shape index (κ3) is 4.28. The lowest BCUT2D eigenvalue weighted by Crippen LogP contribution is -2.50. The van der Waals surface area contributed by atoms with E-state index >= 15 is 0 Å². The summed E-state index contributed by atoms with van der Waals surface area (Å²) in [5.74, 6) is 0.00167. The summed E-state index contributed by atoms with van der Waals surface area (Å²) in [5, 5.41) is 4.62. The number of likely N-dealkylation sites (N-methyl/N-ethyl adjacent to an activating group) is 1. The van der Waals surface area contributed by atoms with Crippen molar-refractivity contribution in [3.63, 3.8) is 0 Å². The molecular formula is C19H26N4O3S. The normalized spacial score (nSPS) is 19.6. The van der Waals surface area contributed by atoms with Gasteiger partial charge >= 0.3 is 0 Å². The second-order valence-corrected chi connectivity index (χ2v) is 8.82. The number of carbonyl (C=O) groups excluding carboxylic acids is 1. The minimum atomic E-state index is -3.64. The van der Waals surface area contributed by atoms with E-state index in [-0.39, 0.29) is 23.4 Å². The molecule has 0 radical (unpaired) electrons.